The smallest absolute Gasteiger partial charge is 0.246 e. The summed E-state index contributed by atoms with van der Waals surface area (Å²) in [6.07, 6.45) is 12.5. The molecule has 1 saturated heterocycles. The van der Waals surface area contributed by atoms with Crippen molar-refractivity contribution >= 4 is 22.0 Å². The van der Waals surface area contributed by atoms with Gasteiger partial charge in [0.2, 0.25) is 15.9 Å². The molecule has 1 N–H and O–H groups in total. The normalized spacial score (nSPS) is 26.1. The molecule has 2 atom stereocenters. The van der Waals surface area contributed by atoms with Crippen LogP contribution < -0.4 is 4.72 Å². The van der Waals surface area contributed by atoms with Gasteiger partial charge < -0.3 is 4.90 Å². The summed E-state index contributed by atoms with van der Waals surface area (Å²) >= 11 is 0. The third-order valence-corrected chi connectivity index (χ3v) is 7.57. The first-order valence-corrected chi connectivity index (χ1v) is 11.6. The summed E-state index contributed by atoms with van der Waals surface area (Å²) in [5.74, 6) is 0.756. The van der Waals surface area contributed by atoms with Crippen molar-refractivity contribution in [3.63, 3.8) is 0 Å². The lowest BCUT2D eigenvalue weighted by atomic mass is 9.78. The SMILES string of the molecule is O=C(C=Cc1ccc(S(=O)(=O)NC2CC2)cc1)N1CCCC2CCCCC21. The second-order valence-electron chi connectivity index (χ2n) is 8.08. The topological polar surface area (TPSA) is 66.5 Å². The minimum Gasteiger partial charge on any atom is -0.336 e. The summed E-state index contributed by atoms with van der Waals surface area (Å²) in [7, 11) is -3.42. The molecule has 0 spiro atoms. The Morgan fingerprint density at radius 2 is 1.70 bits per heavy atom. The molecule has 1 heterocycles. The number of carbonyl (C=O) groups is 1. The maximum Gasteiger partial charge on any atom is 0.246 e. The first-order chi connectivity index (χ1) is 13.0. The maximum atomic E-state index is 12.7. The zero-order valence-electron chi connectivity index (χ0n) is 15.6. The Labute approximate surface area is 161 Å². The number of amides is 1. The lowest BCUT2D eigenvalue weighted by Crippen LogP contribution is -2.49. The molecule has 5 nitrogen and oxygen atoms in total. The van der Waals surface area contributed by atoms with E-state index in [1.807, 2.05) is 0 Å². The molecule has 0 radical (unpaired) electrons. The Morgan fingerprint density at radius 1 is 1.00 bits per heavy atom. The van der Waals surface area contributed by atoms with E-state index in [0.717, 1.165) is 37.8 Å². The molecule has 1 aliphatic heterocycles. The van der Waals surface area contributed by atoms with Crippen molar-refractivity contribution in [2.24, 2.45) is 5.92 Å². The van der Waals surface area contributed by atoms with Crippen molar-refractivity contribution in [2.75, 3.05) is 6.54 Å². The Morgan fingerprint density at radius 3 is 2.44 bits per heavy atom. The van der Waals surface area contributed by atoms with Crippen LogP contribution in [0.25, 0.3) is 6.08 Å². The number of sulfonamides is 1. The molecule has 0 bridgehead atoms. The number of hydrogen-bond acceptors (Lipinski definition) is 3. The van der Waals surface area contributed by atoms with Crippen LogP contribution in [0.4, 0.5) is 0 Å². The molecule has 2 unspecified atom stereocenters. The van der Waals surface area contributed by atoms with Gasteiger partial charge in [0, 0.05) is 24.7 Å². The van der Waals surface area contributed by atoms with Gasteiger partial charge in [-0.2, -0.15) is 0 Å². The van der Waals surface area contributed by atoms with E-state index in [9.17, 15) is 13.2 Å². The predicted octanol–water partition coefficient (Wildman–Crippen LogP) is 3.32. The van der Waals surface area contributed by atoms with Crippen LogP contribution in [0.15, 0.2) is 35.2 Å². The third-order valence-electron chi connectivity index (χ3n) is 6.03. The van der Waals surface area contributed by atoms with Gasteiger partial charge >= 0.3 is 0 Å². The number of hydrogen-bond donors (Lipinski definition) is 1. The molecule has 3 fully saturated rings. The fourth-order valence-electron chi connectivity index (χ4n) is 4.41. The average molecular weight is 389 g/mol. The van der Waals surface area contributed by atoms with E-state index in [2.05, 4.69) is 9.62 Å². The van der Waals surface area contributed by atoms with Gasteiger partial charge in [-0.3, -0.25) is 4.79 Å². The molecule has 27 heavy (non-hydrogen) atoms. The van der Waals surface area contributed by atoms with Crippen LogP contribution in [0.3, 0.4) is 0 Å². The number of piperidine rings is 1. The minimum absolute atomic E-state index is 0.0821. The summed E-state index contributed by atoms with van der Waals surface area (Å²) in [4.78, 5) is 15.0. The molecule has 4 rings (SSSR count). The standard InChI is InChI=1S/C21H28N2O3S/c24-21(23-15-3-5-17-4-1-2-6-20(17)23)14-9-16-7-12-19(13-8-16)27(25,26)22-18-10-11-18/h7-9,12-14,17-18,20,22H,1-6,10-11,15H2. The number of fused-ring (bicyclic) bond motifs is 1. The van der Waals surface area contributed by atoms with Crippen LogP contribution in [0.1, 0.15) is 56.9 Å². The molecule has 3 aliphatic rings. The average Bonchev–Trinajstić information content (AvgIpc) is 3.49. The van der Waals surface area contributed by atoms with Gasteiger partial charge in [0.15, 0.2) is 0 Å². The molecular formula is C21H28N2O3S. The second kappa shape index (κ2) is 7.76. The van der Waals surface area contributed by atoms with Gasteiger partial charge in [-0.1, -0.05) is 25.0 Å². The molecule has 1 aromatic carbocycles. The Hall–Kier alpha value is -1.66. The van der Waals surface area contributed by atoms with E-state index >= 15 is 0 Å². The highest BCUT2D eigenvalue weighted by molar-refractivity contribution is 7.89. The highest BCUT2D eigenvalue weighted by Gasteiger charge is 2.34. The quantitative estimate of drug-likeness (QED) is 0.787. The largest absolute Gasteiger partial charge is 0.336 e. The molecular weight excluding hydrogens is 360 g/mol. The fourth-order valence-corrected chi connectivity index (χ4v) is 5.71. The monoisotopic (exact) mass is 388 g/mol. The van der Waals surface area contributed by atoms with Crippen LogP contribution in [0.2, 0.25) is 0 Å². The first-order valence-electron chi connectivity index (χ1n) is 10.1. The molecule has 2 saturated carbocycles. The Kier molecular flexibility index (Phi) is 5.37. The van der Waals surface area contributed by atoms with Gasteiger partial charge in [0.05, 0.1) is 4.90 Å². The Balaban J connectivity index is 1.40. The number of nitrogens with zero attached hydrogens (tertiary/aromatic N) is 1. The number of carbonyl (C=O) groups excluding carboxylic acids is 1. The van der Waals surface area contributed by atoms with Crippen molar-refractivity contribution in [3.05, 3.63) is 35.9 Å². The first kappa shape index (κ1) is 18.7. The van der Waals surface area contributed by atoms with Crippen molar-refractivity contribution in [2.45, 2.75) is 68.3 Å². The lowest BCUT2D eigenvalue weighted by Gasteiger charge is -2.43. The van der Waals surface area contributed by atoms with Crippen molar-refractivity contribution in [3.8, 4) is 0 Å². The van der Waals surface area contributed by atoms with E-state index in [1.165, 1.54) is 25.7 Å². The van der Waals surface area contributed by atoms with E-state index in [1.54, 1.807) is 36.4 Å². The molecule has 0 aromatic heterocycles. The number of benzene rings is 1. The van der Waals surface area contributed by atoms with E-state index in [0.29, 0.717) is 12.0 Å². The van der Waals surface area contributed by atoms with Gasteiger partial charge in [0.1, 0.15) is 0 Å². The minimum atomic E-state index is -3.42. The highest BCUT2D eigenvalue weighted by Crippen LogP contribution is 2.35. The molecule has 2 aliphatic carbocycles. The van der Waals surface area contributed by atoms with Crippen LogP contribution in [-0.4, -0.2) is 37.9 Å². The Bertz CT molecular complexity index is 810. The molecule has 1 aromatic rings. The van der Waals surface area contributed by atoms with Gasteiger partial charge in [0.25, 0.3) is 0 Å². The third kappa shape index (κ3) is 4.43. The summed E-state index contributed by atoms with van der Waals surface area (Å²) in [6.45, 7) is 0.856. The second-order valence-corrected chi connectivity index (χ2v) is 9.80. The van der Waals surface area contributed by atoms with Gasteiger partial charge in [-0.15, -0.1) is 0 Å². The van der Waals surface area contributed by atoms with Crippen molar-refractivity contribution in [1.29, 1.82) is 0 Å². The van der Waals surface area contributed by atoms with Crippen LogP contribution in [0.5, 0.6) is 0 Å². The van der Waals surface area contributed by atoms with Crippen LogP contribution in [-0.2, 0) is 14.8 Å². The summed E-state index contributed by atoms with van der Waals surface area (Å²) in [5.41, 5.74) is 0.839. The number of rotatable bonds is 5. The van der Waals surface area contributed by atoms with Gasteiger partial charge in [-0.25, -0.2) is 13.1 Å². The number of nitrogens with one attached hydrogen (secondary N) is 1. The molecule has 146 valence electrons. The molecule has 6 heteroatoms. The van der Waals surface area contributed by atoms with Crippen LogP contribution in [0, 0.1) is 5.92 Å². The summed E-state index contributed by atoms with van der Waals surface area (Å²) in [6, 6.07) is 7.22. The maximum absolute atomic E-state index is 12.7. The van der Waals surface area contributed by atoms with Gasteiger partial charge in [-0.05, 0) is 68.2 Å². The highest BCUT2D eigenvalue weighted by atomic mass is 32.2. The van der Waals surface area contributed by atoms with E-state index in [-0.39, 0.29) is 16.8 Å². The zero-order valence-corrected chi connectivity index (χ0v) is 16.5. The van der Waals surface area contributed by atoms with Crippen LogP contribution >= 0.6 is 0 Å². The summed E-state index contributed by atoms with van der Waals surface area (Å²) in [5, 5.41) is 0. The van der Waals surface area contributed by atoms with E-state index in [4.69, 9.17) is 0 Å². The van der Waals surface area contributed by atoms with E-state index < -0.39 is 10.0 Å². The fraction of sp³-hybridized carbons (Fsp3) is 0.571. The zero-order chi connectivity index (χ0) is 18.9. The summed E-state index contributed by atoms with van der Waals surface area (Å²) < 4.78 is 27.1. The lowest BCUT2D eigenvalue weighted by molar-refractivity contribution is -0.132. The molecule has 1 amide bonds. The van der Waals surface area contributed by atoms with Crippen molar-refractivity contribution in [1.82, 2.24) is 9.62 Å². The van der Waals surface area contributed by atoms with Crippen molar-refractivity contribution < 1.29 is 13.2 Å². The predicted molar refractivity (Wildman–Crippen MR) is 106 cm³/mol. The number of likely N-dealkylation sites (tertiary alicyclic amines) is 1.